The van der Waals surface area contributed by atoms with Crippen molar-refractivity contribution in [1.29, 1.82) is 0 Å². The molecule has 25 heavy (non-hydrogen) atoms. The Kier molecular flexibility index (Phi) is 8.99. The van der Waals surface area contributed by atoms with Gasteiger partial charge in [0.05, 0.1) is 19.8 Å². The SMILES string of the molecule is CCNC(=NCC(C)N1CCOCC1)NCC1CCCN(C(C)C)C1. The number of morpholine rings is 1. The maximum Gasteiger partial charge on any atom is 0.191 e. The first-order valence-electron chi connectivity index (χ1n) is 10.2. The highest BCUT2D eigenvalue weighted by Crippen LogP contribution is 2.17. The van der Waals surface area contributed by atoms with E-state index in [4.69, 9.17) is 9.73 Å². The van der Waals surface area contributed by atoms with Crippen molar-refractivity contribution in [2.75, 3.05) is 59.0 Å². The zero-order chi connectivity index (χ0) is 18.1. The van der Waals surface area contributed by atoms with Crippen molar-refractivity contribution in [3.8, 4) is 0 Å². The van der Waals surface area contributed by atoms with E-state index < -0.39 is 0 Å². The number of guanidine groups is 1. The molecule has 0 bridgehead atoms. The molecule has 2 rings (SSSR count). The van der Waals surface area contributed by atoms with E-state index in [2.05, 4.69) is 48.1 Å². The number of hydrogen-bond acceptors (Lipinski definition) is 4. The normalized spacial score (nSPS) is 25.2. The highest BCUT2D eigenvalue weighted by Gasteiger charge is 2.22. The van der Waals surface area contributed by atoms with Crippen LogP contribution in [0.3, 0.4) is 0 Å². The van der Waals surface area contributed by atoms with Crippen molar-refractivity contribution < 1.29 is 4.74 Å². The van der Waals surface area contributed by atoms with E-state index in [0.717, 1.165) is 57.8 Å². The Morgan fingerprint density at radius 2 is 1.88 bits per heavy atom. The minimum Gasteiger partial charge on any atom is -0.379 e. The van der Waals surface area contributed by atoms with Crippen LogP contribution in [0.25, 0.3) is 0 Å². The van der Waals surface area contributed by atoms with E-state index in [1.807, 2.05) is 0 Å². The fourth-order valence-electron chi connectivity index (χ4n) is 3.67. The summed E-state index contributed by atoms with van der Waals surface area (Å²) in [6, 6.07) is 1.12. The van der Waals surface area contributed by atoms with Gasteiger partial charge in [-0.15, -0.1) is 0 Å². The monoisotopic (exact) mass is 353 g/mol. The molecule has 6 nitrogen and oxygen atoms in total. The molecule has 0 saturated carbocycles. The summed E-state index contributed by atoms with van der Waals surface area (Å²) in [5.41, 5.74) is 0. The van der Waals surface area contributed by atoms with Crippen LogP contribution in [-0.2, 0) is 4.74 Å². The number of nitrogens with one attached hydrogen (secondary N) is 2. The van der Waals surface area contributed by atoms with Crippen LogP contribution in [0.4, 0.5) is 0 Å². The molecule has 0 spiro atoms. The summed E-state index contributed by atoms with van der Waals surface area (Å²) in [6.45, 7) is 17.9. The molecule has 0 amide bonds. The van der Waals surface area contributed by atoms with Crippen LogP contribution in [0.1, 0.15) is 40.5 Å². The number of ether oxygens (including phenoxy) is 1. The molecular weight excluding hydrogens is 314 g/mol. The summed E-state index contributed by atoms with van der Waals surface area (Å²) in [5.74, 6) is 1.68. The van der Waals surface area contributed by atoms with Gasteiger partial charge in [0.1, 0.15) is 0 Å². The van der Waals surface area contributed by atoms with Crippen LogP contribution in [0.2, 0.25) is 0 Å². The number of rotatable bonds is 7. The topological polar surface area (TPSA) is 52.1 Å². The maximum absolute atomic E-state index is 5.44. The second-order valence-corrected chi connectivity index (χ2v) is 7.69. The minimum atomic E-state index is 0.463. The Hall–Kier alpha value is -0.850. The molecule has 0 aromatic heterocycles. The first-order valence-corrected chi connectivity index (χ1v) is 10.2. The van der Waals surface area contributed by atoms with E-state index in [9.17, 15) is 0 Å². The number of aliphatic imine (C=N–C) groups is 1. The van der Waals surface area contributed by atoms with Crippen LogP contribution in [0, 0.1) is 5.92 Å². The molecule has 2 atom stereocenters. The molecule has 6 heteroatoms. The van der Waals surface area contributed by atoms with Gasteiger partial charge in [0, 0.05) is 44.8 Å². The van der Waals surface area contributed by atoms with Gasteiger partial charge in [0.25, 0.3) is 0 Å². The lowest BCUT2D eigenvalue weighted by Gasteiger charge is -2.35. The molecule has 0 aromatic rings. The molecule has 0 aliphatic carbocycles. The molecule has 2 unspecified atom stereocenters. The summed E-state index contributed by atoms with van der Waals surface area (Å²) in [4.78, 5) is 9.89. The molecule has 2 N–H and O–H groups in total. The van der Waals surface area contributed by atoms with Gasteiger partial charge in [-0.05, 0) is 53.0 Å². The molecule has 0 radical (unpaired) electrons. The molecule has 146 valence electrons. The standard InChI is InChI=1S/C19H39N5O/c1-5-20-19(21-13-17(4)23-9-11-25-12-10-23)22-14-18-7-6-8-24(15-18)16(2)3/h16-18H,5-15H2,1-4H3,(H2,20,21,22). The van der Waals surface area contributed by atoms with Crippen LogP contribution in [0.5, 0.6) is 0 Å². The smallest absolute Gasteiger partial charge is 0.191 e. The van der Waals surface area contributed by atoms with Crippen molar-refractivity contribution in [3.05, 3.63) is 0 Å². The predicted octanol–water partition coefficient (Wildman–Crippen LogP) is 1.38. The van der Waals surface area contributed by atoms with Crippen molar-refractivity contribution >= 4 is 5.96 Å². The van der Waals surface area contributed by atoms with Crippen LogP contribution < -0.4 is 10.6 Å². The Bertz CT molecular complexity index is 395. The van der Waals surface area contributed by atoms with Gasteiger partial charge in [-0.2, -0.15) is 0 Å². The Balaban J connectivity index is 1.78. The molecule has 2 fully saturated rings. The lowest BCUT2D eigenvalue weighted by Crippen LogP contribution is -2.47. The predicted molar refractivity (Wildman–Crippen MR) is 105 cm³/mol. The molecule has 2 aliphatic rings. The van der Waals surface area contributed by atoms with Crippen molar-refractivity contribution in [2.24, 2.45) is 10.9 Å². The lowest BCUT2D eigenvalue weighted by atomic mass is 9.97. The van der Waals surface area contributed by atoms with Gasteiger partial charge >= 0.3 is 0 Å². The lowest BCUT2D eigenvalue weighted by molar-refractivity contribution is 0.0220. The minimum absolute atomic E-state index is 0.463. The number of piperidine rings is 1. The summed E-state index contributed by atoms with van der Waals surface area (Å²) in [5, 5.41) is 6.97. The average molecular weight is 354 g/mol. The van der Waals surface area contributed by atoms with Gasteiger partial charge < -0.3 is 20.3 Å². The third-order valence-electron chi connectivity index (χ3n) is 5.37. The zero-order valence-corrected chi connectivity index (χ0v) is 16.8. The van der Waals surface area contributed by atoms with Gasteiger partial charge in [-0.3, -0.25) is 9.89 Å². The highest BCUT2D eigenvalue weighted by molar-refractivity contribution is 5.79. The van der Waals surface area contributed by atoms with Gasteiger partial charge in [0.2, 0.25) is 0 Å². The summed E-state index contributed by atoms with van der Waals surface area (Å²) in [6.07, 6.45) is 2.63. The van der Waals surface area contributed by atoms with Crippen LogP contribution in [-0.4, -0.2) is 86.9 Å². The molecular formula is C19H39N5O. The third-order valence-corrected chi connectivity index (χ3v) is 5.37. The largest absolute Gasteiger partial charge is 0.379 e. The van der Waals surface area contributed by atoms with E-state index in [-0.39, 0.29) is 0 Å². The Morgan fingerprint density at radius 3 is 2.56 bits per heavy atom. The second-order valence-electron chi connectivity index (χ2n) is 7.69. The Morgan fingerprint density at radius 1 is 1.12 bits per heavy atom. The van der Waals surface area contributed by atoms with Gasteiger partial charge in [-0.25, -0.2) is 0 Å². The van der Waals surface area contributed by atoms with Gasteiger partial charge in [0.15, 0.2) is 5.96 Å². The maximum atomic E-state index is 5.44. The molecule has 2 heterocycles. The second kappa shape index (κ2) is 11.0. The van der Waals surface area contributed by atoms with Crippen molar-refractivity contribution in [1.82, 2.24) is 20.4 Å². The van der Waals surface area contributed by atoms with Gasteiger partial charge in [-0.1, -0.05) is 0 Å². The third kappa shape index (κ3) is 7.12. The molecule has 2 aliphatic heterocycles. The number of likely N-dealkylation sites (tertiary alicyclic amines) is 1. The average Bonchev–Trinajstić information content (AvgIpc) is 2.64. The van der Waals surface area contributed by atoms with Crippen LogP contribution in [0.15, 0.2) is 4.99 Å². The molecule has 0 aromatic carbocycles. The quantitative estimate of drug-likeness (QED) is 0.535. The summed E-state index contributed by atoms with van der Waals surface area (Å²) >= 11 is 0. The summed E-state index contributed by atoms with van der Waals surface area (Å²) in [7, 11) is 0. The fourth-order valence-corrected chi connectivity index (χ4v) is 3.67. The fraction of sp³-hybridized carbons (Fsp3) is 0.947. The summed E-state index contributed by atoms with van der Waals surface area (Å²) < 4.78 is 5.44. The van der Waals surface area contributed by atoms with Crippen LogP contribution >= 0.6 is 0 Å². The van der Waals surface area contributed by atoms with E-state index in [1.165, 1.54) is 25.9 Å². The first kappa shape index (κ1) is 20.5. The van der Waals surface area contributed by atoms with Crippen molar-refractivity contribution in [2.45, 2.75) is 52.6 Å². The number of hydrogen-bond donors (Lipinski definition) is 2. The molecule has 2 saturated heterocycles. The highest BCUT2D eigenvalue weighted by atomic mass is 16.5. The van der Waals surface area contributed by atoms with E-state index in [0.29, 0.717) is 12.1 Å². The van der Waals surface area contributed by atoms with E-state index >= 15 is 0 Å². The first-order chi connectivity index (χ1) is 12.1. The zero-order valence-electron chi connectivity index (χ0n) is 16.8. The van der Waals surface area contributed by atoms with Crippen molar-refractivity contribution in [3.63, 3.8) is 0 Å². The number of nitrogens with zero attached hydrogens (tertiary/aromatic N) is 3. The van der Waals surface area contributed by atoms with E-state index in [1.54, 1.807) is 0 Å². The Labute approximate surface area is 154 Å².